The molecule has 0 amide bonds. The van der Waals surface area contributed by atoms with Gasteiger partial charge in [-0.05, 0) is 50.8 Å². The number of hydrogen-bond acceptors (Lipinski definition) is 8. The summed E-state index contributed by atoms with van der Waals surface area (Å²) >= 11 is 1.63. The van der Waals surface area contributed by atoms with Crippen molar-refractivity contribution in [3.05, 3.63) is 91.2 Å². The molecule has 0 radical (unpaired) electrons. The SMILES string of the molecule is CC1=C(C(=O)OCCOC(C)C)[C@H](c2coc3ccccc3c2=O)C2=C(C[C@@H](c3cccs3)CC2=O)N1. The van der Waals surface area contributed by atoms with E-state index in [2.05, 4.69) is 5.32 Å². The first-order valence-corrected chi connectivity index (χ1v) is 13.3. The zero-order valence-electron chi connectivity index (χ0n) is 21.0. The van der Waals surface area contributed by atoms with Gasteiger partial charge in [0, 0.05) is 39.7 Å². The number of benzene rings is 1. The molecule has 2 aliphatic rings. The average Bonchev–Trinajstić information content (AvgIpc) is 3.41. The maximum atomic E-state index is 13.7. The highest BCUT2D eigenvalue weighted by Gasteiger charge is 2.43. The highest BCUT2D eigenvalue weighted by Crippen LogP contribution is 2.45. The largest absolute Gasteiger partial charge is 0.464 e. The Kier molecular flexibility index (Phi) is 7.13. The summed E-state index contributed by atoms with van der Waals surface area (Å²) in [5, 5.41) is 5.72. The quantitative estimate of drug-likeness (QED) is 0.339. The number of dihydropyridines is 1. The molecule has 192 valence electrons. The number of carbonyl (C=O) groups is 2. The molecule has 5 rings (SSSR count). The summed E-state index contributed by atoms with van der Waals surface area (Å²) in [6.07, 6.45) is 2.31. The minimum Gasteiger partial charge on any atom is -0.464 e. The van der Waals surface area contributed by atoms with Crippen LogP contribution in [0.15, 0.2) is 79.8 Å². The predicted molar refractivity (Wildman–Crippen MR) is 141 cm³/mol. The van der Waals surface area contributed by atoms with E-state index in [0.717, 1.165) is 10.6 Å². The Morgan fingerprint density at radius 1 is 1.14 bits per heavy atom. The maximum absolute atomic E-state index is 13.7. The van der Waals surface area contributed by atoms with E-state index in [1.165, 1.54) is 6.26 Å². The van der Waals surface area contributed by atoms with Crippen molar-refractivity contribution in [3.63, 3.8) is 0 Å². The van der Waals surface area contributed by atoms with Gasteiger partial charge >= 0.3 is 5.97 Å². The van der Waals surface area contributed by atoms with Crippen LogP contribution in [0.1, 0.15) is 55.9 Å². The van der Waals surface area contributed by atoms with E-state index < -0.39 is 11.9 Å². The molecule has 37 heavy (non-hydrogen) atoms. The van der Waals surface area contributed by atoms with Crippen LogP contribution in [0, 0.1) is 0 Å². The molecule has 1 N–H and O–H groups in total. The van der Waals surface area contributed by atoms with Crippen molar-refractivity contribution in [1.29, 1.82) is 0 Å². The average molecular weight is 520 g/mol. The molecule has 0 unspecified atom stereocenters. The predicted octanol–water partition coefficient (Wildman–Crippen LogP) is 5.18. The molecule has 0 bridgehead atoms. The zero-order chi connectivity index (χ0) is 26.1. The van der Waals surface area contributed by atoms with Gasteiger partial charge in [0.25, 0.3) is 0 Å². The fourth-order valence-corrected chi connectivity index (χ4v) is 5.96. The van der Waals surface area contributed by atoms with Gasteiger partial charge in [-0.25, -0.2) is 4.79 Å². The van der Waals surface area contributed by atoms with Gasteiger partial charge in [-0.2, -0.15) is 0 Å². The number of hydrogen-bond donors (Lipinski definition) is 1. The number of thiophene rings is 1. The topological polar surface area (TPSA) is 94.8 Å². The van der Waals surface area contributed by atoms with Crippen molar-refractivity contribution in [2.24, 2.45) is 0 Å². The monoisotopic (exact) mass is 519 g/mol. The summed E-state index contributed by atoms with van der Waals surface area (Å²) in [5.74, 6) is -1.52. The third kappa shape index (κ3) is 4.91. The third-order valence-electron chi connectivity index (χ3n) is 6.78. The summed E-state index contributed by atoms with van der Waals surface area (Å²) in [6.45, 7) is 5.90. The molecule has 2 aromatic heterocycles. The Morgan fingerprint density at radius 2 is 1.95 bits per heavy atom. The number of carbonyl (C=O) groups excluding carboxylic acids is 2. The number of Topliss-reactive ketones (excluding diaryl/α,β-unsaturated/α-hetero) is 1. The standard InChI is InChI=1S/C29H29NO6S/c1-16(2)34-10-11-35-29(33)25-17(3)30-21-13-18(24-9-6-12-37-24)14-22(31)27(21)26(25)20-15-36-23-8-5-4-7-19(23)28(20)32/h4-9,12,15-16,18,26,30H,10-11,13-14H2,1-3H3/t18-,26+/m1/s1. The fraction of sp³-hybridized carbons (Fsp3) is 0.345. The lowest BCUT2D eigenvalue weighted by Crippen LogP contribution is -2.37. The molecule has 1 aromatic carbocycles. The lowest BCUT2D eigenvalue weighted by Gasteiger charge is -2.36. The lowest BCUT2D eigenvalue weighted by atomic mass is 9.73. The van der Waals surface area contributed by atoms with Crippen LogP contribution in [0.4, 0.5) is 0 Å². The molecule has 0 saturated heterocycles. The van der Waals surface area contributed by atoms with Crippen molar-refractivity contribution < 1.29 is 23.5 Å². The molecule has 1 aliphatic carbocycles. The number of fused-ring (bicyclic) bond motifs is 1. The van der Waals surface area contributed by atoms with Crippen LogP contribution < -0.4 is 10.7 Å². The Hall–Kier alpha value is -3.49. The van der Waals surface area contributed by atoms with Gasteiger partial charge in [0.2, 0.25) is 0 Å². The summed E-state index contributed by atoms with van der Waals surface area (Å²) in [6, 6.07) is 11.0. The first-order chi connectivity index (χ1) is 17.8. The number of ether oxygens (including phenoxy) is 2. The van der Waals surface area contributed by atoms with Crippen LogP contribution in [0.25, 0.3) is 11.0 Å². The van der Waals surface area contributed by atoms with Crippen LogP contribution in [-0.2, 0) is 19.1 Å². The van der Waals surface area contributed by atoms with E-state index in [1.54, 1.807) is 42.5 Å². The first kappa shape index (κ1) is 25.2. The van der Waals surface area contributed by atoms with Crippen LogP contribution in [0.5, 0.6) is 0 Å². The summed E-state index contributed by atoms with van der Waals surface area (Å²) in [7, 11) is 0. The highest BCUT2D eigenvalue weighted by molar-refractivity contribution is 7.10. The van der Waals surface area contributed by atoms with Gasteiger partial charge in [0.05, 0.1) is 35.9 Å². The summed E-state index contributed by atoms with van der Waals surface area (Å²) < 4.78 is 16.9. The van der Waals surface area contributed by atoms with E-state index in [1.807, 2.05) is 31.4 Å². The minimum absolute atomic E-state index is 0.00912. The molecule has 1 aliphatic heterocycles. The van der Waals surface area contributed by atoms with E-state index in [9.17, 15) is 14.4 Å². The van der Waals surface area contributed by atoms with Gasteiger partial charge in [-0.15, -0.1) is 11.3 Å². The summed E-state index contributed by atoms with van der Waals surface area (Å²) in [4.78, 5) is 41.9. The third-order valence-corrected chi connectivity index (χ3v) is 7.81. The minimum atomic E-state index is -0.882. The van der Waals surface area contributed by atoms with Gasteiger partial charge < -0.3 is 19.2 Å². The van der Waals surface area contributed by atoms with E-state index in [0.29, 0.717) is 35.1 Å². The smallest absolute Gasteiger partial charge is 0.336 e. The number of para-hydroxylation sites is 1. The molecule has 8 heteroatoms. The Bertz CT molecular complexity index is 1460. The molecular formula is C29H29NO6S. The van der Waals surface area contributed by atoms with Crippen LogP contribution in [0.3, 0.4) is 0 Å². The van der Waals surface area contributed by atoms with Crippen molar-refractivity contribution in [3.8, 4) is 0 Å². The molecule has 0 spiro atoms. The second-order valence-corrected chi connectivity index (χ2v) is 10.6. The van der Waals surface area contributed by atoms with Gasteiger partial charge in [0.1, 0.15) is 12.2 Å². The Balaban J connectivity index is 1.58. The van der Waals surface area contributed by atoms with E-state index in [-0.39, 0.29) is 47.6 Å². The van der Waals surface area contributed by atoms with E-state index in [4.69, 9.17) is 13.9 Å². The molecule has 0 saturated carbocycles. The number of allylic oxidation sites excluding steroid dienone is 3. The summed E-state index contributed by atoms with van der Waals surface area (Å²) in [5.41, 5.74) is 2.41. The molecular weight excluding hydrogens is 490 g/mol. The van der Waals surface area contributed by atoms with E-state index >= 15 is 0 Å². The van der Waals surface area contributed by atoms with Crippen molar-refractivity contribution >= 4 is 34.1 Å². The van der Waals surface area contributed by atoms with Gasteiger partial charge in [-0.1, -0.05) is 18.2 Å². The van der Waals surface area contributed by atoms with Crippen molar-refractivity contribution in [1.82, 2.24) is 5.32 Å². The fourth-order valence-electron chi connectivity index (χ4n) is 5.13. The molecule has 0 fully saturated rings. The Morgan fingerprint density at radius 3 is 2.70 bits per heavy atom. The second kappa shape index (κ2) is 10.5. The number of rotatable bonds is 7. The van der Waals surface area contributed by atoms with Crippen molar-refractivity contribution in [2.75, 3.05) is 13.2 Å². The van der Waals surface area contributed by atoms with Crippen LogP contribution in [-0.4, -0.2) is 31.1 Å². The van der Waals surface area contributed by atoms with Gasteiger partial charge in [0.15, 0.2) is 11.2 Å². The maximum Gasteiger partial charge on any atom is 0.336 e. The second-order valence-electron chi connectivity index (χ2n) is 9.60. The molecule has 3 heterocycles. The van der Waals surface area contributed by atoms with Gasteiger partial charge in [-0.3, -0.25) is 9.59 Å². The molecule has 7 nitrogen and oxygen atoms in total. The zero-order valence-corrected chi connectivity index (χ0v) is 21.9. The normalized spacial score (nSPS) is 19.8. The number of ketones is 1. The molecule has 3 aromatic rings. The lowest BCUT2D eigenvalue weighted by molar-refractivity contribution is -0.141. The first-order valence-electron chi connectivity index (χ1n) is 12.4. The number of nitrogens with one attached hydrogen (secondary N) is 1. The van der Waals surface area contributed by atoms with Crippen molar-refractivity contribution in [2.45, 2.75) is 51.6 Å². The Labute approximate surface area is 218 Å². The molecule has 2 atom stereocenters. The van der Waals surface area contributed by atoms with Crippen LogP contribution >= 0.6 is 11.3 Å². The van der Waals surface area contributed by atoms with Crippen LogP contribution in [0.2, 0.25) is 0 Å². The highest BCUT2D eigenvalue weighted by atomic mass is 32.1. The number of esters is 1.